The van der Waals surface area contributed by atoms with Crippen LogP contribution in [0, 0.1) is 12.7 Å². The smallest absolute Gasteiger partial charge is 0.277 e. The number of nitrogens with one attached hydrogen (secondary N) is 1. The Bertz CT molecular complexity index is 1070. The van der Waals surface area contributed by atoms with Gasteiger partial charge in [-0.2, -0.15) is 0 Å². The number of carbonyl (C=O) groups is 1. The lowest BCUT2D eigenvalue weighted by molar-refractivity contribution is 0.102. The third kappa shape index (κ3) is 3.16. The van der Waals surface area contributed by atoms with Crippen LogP contribution in [0.2, 0.25) is 0 Å². The minimum absolute atomic E-state index is 0.317. The van der Waals surface area contributed by atoms with Crippen LogP contribution >= 0.6 is 22.7 Å². The average Bonchev–Trinajstić information content (AvgIpc) is 3.18. The Labute approximate surface area is 151 Å². The molecule has 0 spiro atoms. The second kappa shape index (κ2) is 6.34. The highest BCUT2D eigenvalue weighted by Gasteiger charge is 2.19. The molecule has 0 fully saturated rings. The number of nitrogens with zero attached hydrogens (tertiary/aromatic N) is 2. The Hall–Kier alpha value is -2.64. The van der Waals surface area contributed by atoms with Crippen molar-refractivity contribution < 1.29 is 9.18 Å². The van der Waals surface area contributed by atoms with E-state index in [0.29, 0.717) is 21.0 Å². The predicted octanol–water partition coefficient (Wildman–Crippen LogP) is 5.12. The number of rotatable bonds is 3. The van der Waals surface area contributed by atoms with Crippen molar-refractivity contribution in [3.05, 3.63) is 65.0 Å². The van der Waals surface area contributed by atoms with Crippen LogP contribution in [0.1, 0.15) is 15.5 Å². The monoisotopic (exact) mass is 369 g/mol. The van der Waals surface area contributed by atoms with Gasteiger partial charge in [0, 0.05) is 0 Å². The molecule has 124 valence electrons. The van der Waals surface area contributed by atoms with Crippen molar-refractivity contribution in [2.45, 2.75) is 6.92 Å². The molecule has 0 saturated carbocycles. The maximum atomic E-state index is 13.3. The minimum Gasteiger partial charge on any atom is -0.296 e. The van der Waals surface area contributed by atoms with Gasteiger partial charge < -0.3 is 0 Å². The van der Waals surface area contributed by atoms with Gasteiger partial charge in [0.1, 0.15) is 11.5 Å². The zero-order valence-electron chi connectivity index (χ0n) is 13.1. The molecule has 0 radical (unpaired) electrons. The normalized spacial score (nSPS) is 11.0. The molecule has 2 heterocycles. The molecule has 0 bridgehead atoms. The van der Waals surface area contributed by atoms with Crippen LogP contribution in [-0.2, 0) is 0 Å². The van der Waals surface area contributed by atoms with Crippen LogP contribution < -0.4 is 5.32 Å². The summed E-state index contributed by atoms with van der Waals surface area (Å²) in [7, 11) is 0. The molecule has 2 aromatic heterocycles. The Morgan fingerprint density at radius 1 is 1.08 bits per heavy atom. The number of aryl methyl sites for hydroxylation is 1. The van der Waals surface area contributed by atoms with Crippen molar-refractivity contribution in [2.24, 2.45) is 0 Å². The van der Waals surface area contributed by atoms with Crippen molar-refractivity contribution >= 4 is 43.9 Å². The van der Waals surface area contributed by atoms with E-state index in [4.69, 9.17) is 0 Å². The molecule has 0 unspecified atom stereocenters. The molecule has 0 saturated heterocycles. The number of carbonyl (C=O) groups excluding carboxylic acids is 1. The van der Waals surface area contributed by atoms with Gasteiger partial charge in [-0.3, -0.25) is 10.1 Å². The summed E-state index contributed by atoms with van der Waals surface area (Å²) < 4.78 is 14.0. The summed E-state index contributed by atoms with van der Waals surface area (Å²) in [6.45, 7) is 1.87. The Balaban J connectivity index is 1.67. The van der Waals surface area contributed by atoms with Gasteiger partial charge in [0.25, 0.3) is 5.91 Å². The lowest BCUT2D eigenvalue weighted by Crippen LogP contribution is -2.13. The van der Waals surface area contributed by atoms with E-state index < -0.39 is 0 Å². The number of halogens is 1. The molecule has 0 aliphatic rings. The highest BCUT2D eigenvalue weighted by molar-refractivity contribution is 7.22. The molecule has 25 heavy (non-hydrogen) atoms. The van der Waals surface area contributed by atoms with Crippen LogP contribution in [-0.4, -0.2) is 15.9 Å². The summed E-state index contributed by atoms with van der Waals surface area (Å²) in [5.41, 5.74) is 1.98. The molecule has 0 aliphatic heterocycles. The highest BCUT2D eigenvalue weighted by Crippen LogP contribution is 2.32. The number of amides is 1. The summed E-state index contributed by atoms with van der Waals surface area (Å²) in [5.74, 6) is -0.641. The first-order chi connectivity index (χ1) is 12.1. The second-order valence-electron chi connectivity index (χ2n) is 5.36. The van der Waals surface area contributed by atoms with E-state index in [1.165, 1.54) is 34.8 Å². The highest BCUT2D eigenvalue weighted by atomic mass is 32.1. The first-order valence-electron chi connectivity index (χ1n) is 7.50. The topological polar surface area (TPSA) is 54.9 Å². The number of anilines is 1. The fourth-order valence-corrected chi connectivity index (χ4v) is 4.28. The molecular weight excluding hydrogens is 357 g/mol. The first kappa shape index (κ1) is 15.9. The summed E-state index contributed by atoms with van der Waals surface area (Å²) in [5, 5.41) is 4.02. The molecule has 2 aromatic carbocycles. The molecule has 1 N–H and O–H groups in total. The molecule has 7 heteroatoms. The zero-order valence-corrected chi connectivity index (χ0v) is 14.7. The van der Waals surface area contributed by atoms with Gasteiger partial charge in [-0.15, -0.1) is 11.3 Å². The second-order valence-corrected chi connectivity index (χ2v) is 7.60. The molecule has 1 amide bonds. The number of hydrogen-bond donors (Lipinski definition) is 1. The summed E-state index contributed by atoms with van der Waals surface area (Å²) in [6.07, 6.45) is 0. The number of benzene rings is 2. The fourth-order valence-electron chi connectivity index (χ4n) is 2.47. The third-order valence-electron chi connectivity index (χ3n) is 3.56. The molecule has 0 atom stereocenters. The van der Waals surface area contributed by atoms with Crippen LogP contribution in [0.3, 0.4) is 0 Å². The number of thiazole rings is 2. The summed E-state index contributed by atoms with van der Waals surface area (Å²) in [4.78, 5) is 22.2. The average molecular weight is 369 g/mol. The van der Waals surface area contributed by atoms with Crippen LogP contribution in [0.25, 0.3) is 20.7 Å². The van der Waals surface area contributed by atoms with E-state index in [-0.39, 0.29) is 11.7 Å². The summed E-state index contributed by atoms with van der Waals surface area (Å²) in [6, 6.07) is 14.0. The van der Waals surface area contributed by atoms with Gasteiger partial charge >= 0.3 is 0 Å². The van der Waals surface area contributed by atoms with Gasteiger partial charge in [-0.1, -0.05) is 41.7 Å². The fraction of sp³-hybridized carbons (Fsp3) is 0.0556. The van der Waals surface area contributed by atoms with Crippen LogP contribution in [0.4, 0.5) is 9.52 Å². The Morgan fingerprint density at radius 2 is 1.88 bits per heavy atom. The van der Waals surface area contributed by atoms with E-state index in [9.17, 15) is 9.18 Å². The Kier molecular flexibility index (Phi) is 4.03. The van der Waals surface area contributed by atoms with Gasteiger partial charge in [0.15, 0.2) is 5.13 Å². The van der Waals surface area contributed by atoms with Crippen LogP contribution in [0.5, 0.6) is 0 Å². The first-order valence-corrected chi connectivity index (χ1v) is 9.14. The molecule has 4 nitrogen and oxygen atoms in total. The largest absolute Gasteiger partial charge is 0.296 e. The number of fused-ring (bicyclic) bond motifs is 1. The SMILES string of the molecule is Cc1nc(C(=O)Nc2nc3ccc(F)cc3s2)c(-c2ccccc2)s1. The van der Waals surface area contributed by atoms with Crippen molar-refractivity contribution in [3.63, 3.8) is 0 Å². The van der Waals surface area contributed by atoms with Crippen LogP contribution in [0.15, 0.2) is 48.5 Å². The summed E-state index contributed by atoms with van der Waals surface area (Å²) >= 11 is 2.71. The van der Waals surface area contributed by atoms with E-state index in [0.717, 1.165) is 15.4 Å². The predicted molar refractivity (Wildman–Crippen MR) is 99.8 cm³/mol. The van der Waals surface area contributed by atoms with E-state index >= 15 is 0 Å². The number of aromatic nitrogens is 2. The van der Waals surface area contributed by atoms with E-state index in [2.05, 4.69) is 15.3 Å². The van der Waals surface area contributed by atoms with Crippen molar-refractivity contribution in [1.82, 2.24) is 9.97 Å². The van der Waals surface area contributed by atoms with Gasteiger partial charge in [0.2, 0.25) is 0 Å². The lowest BCUT2D eigenvalue weighted by atomic mass is 10.1. The molecular formula is C18H12FN3OS2. The minimum atomic E-state index is -0.324. The quantitative estimate of drug-likeness (QED) is 0.545. The van der Waals surface area contributed by atoms with E-state index in [1.54, 1.807) is 6.07 Å². The molecule has 0 aliphatic carbocycles. The zero-order chi connectivity index (χ0) is 17.4. The van der Waals surface area contributed by atoms with Gasteiger partial charge in [-0.05, 0) is 30.7 Å². The number of hydrogen-bond acceptors (Lipinski definition) is 5. The van der Waals surface area contributed by atoms with E-state index in [1.807, 2.05) is 37.3 Å². The van der Waals surface area contributed by atoms with Gasteiger partial charge in [0.05, 0.1) is 20.1 Å². The Morgan fingerprint density at radius 3 is 2.68 bits per heavy atom. The van der Waals surface area contributed by atoms with Gasteiger partial charge in [-0.25, -0.2) is 14.4 Å². The van der Waals surface area contributed by atoms with Crippen molar-refractivity contribution in [1.29, 1.82) is 0 Å². The maximum absolute atomic E-state index is 13.3. The van der Waals surface area contributed by atoms with Crippen molar-refractivity contribution in [3.8, 4) is 10.4 Å². The lowest BCUT2D eigenvalue weighted by Gasteiger charge is -2.02. The standard InChI is InChI=1S/C18H12FN3OS2/c1-10-20-15(16(24-10)11-5-3-2-4-6-11)17(23)22-18-21-13-8-7-12(19)9-14(13)25-18/h2-9H,1H3,(H,21,22,23). The maximum Gasteiger partial charge on any atom is 0.277 e. The third-order valence-corrected chi connectivity index (χ3v) is 5.51. The molecule has 4 rings (SSSR count). The molecule has 4 aromatic rings. The van der Waals surface area contributed by atoms with Crippen molar-refractivity contribution in [2.75, 3.05) is 5.32 Å².